The van der Waals surface area contributed by atoms with Gasteiger partial charge in [-0.05, 0) is 48.7 Å². The fourth-order valence-electron chi connectivity index (χ4n) is 4.47. The number of carbonyl (C=O) groups is 2. The van der Waals surface area contributed by atoms with E-state index in [2.05, 4.69) is 0 Å². The topological polar surface area (TPSA) is 59.1 Å². The van der Waals surface area contributed by atoms with Gasteiger partial charge in [0.05, 0.1) is 24.4 Å². The molecule has 0 bridgehead atoms. The number of methoxy groups -OCH3 is 1. The number of amides is 1. The molecule has 0 aromatic heterocycles. The predicted molar refractivity (Wildman–Crippen MR) is 122 cm³/mol. The van der Waals surface area contributed by atoms with Crippen LogP contribution in [0.3, 0.4) is 0 Å². The molecule has 1 atom stereocenters. The number of carbonyl (C=O) groups excluding carboxylic acids is 2. The molecule has 2 aliphatic rings. The molecular formula is C25H27F3N2O4. The highest BCUT2D eigenvalue weighted by atomic mass is 19.3. The minimum atomic E-state index is -3.16. The van der Waals surface area contributed by atoms with E-state index in [1.165, 1.54) is 30.2 Å². The number of rotatable bonds is 7. The largest absolute Gasteiger partial charge is 0.475 e. The zero-order valence-electron chi connectivity index (χ0n) is 19.3. The highest BCUT2D eigenvalue weighted by Crippen LogP contribution is 2.46. The Morgan fingerprint density at radius 1 is 1.12 bits per heavy atom. The van der Waals surface area contributed by atoms with E-state index in [1.807, 2.05) is 30.9 Å². The highest BCUT2D eigenvalue weighted by Gasteiger charge is 2.47. The smallest absolute Gasteiger partial charge is 0.312 e. The lowest BCUT2D eigenvalue weighted by Crippen LogP contribution is -2.54. The van der Waals surface area contributed by atoms with E-state index in [1.54, 1.807) is 12.1 Å². The lowest BCUT2D eigenvalue weighted by molar-refractivity contribution is -0.146. The van der Waals surface area contributed by atoms with Crippen molar-refractivity contribution in [2.45, 2.75) is 44.9 Å². The van der Waals surface area contributed by atoms with E-state index in [0.29, 0.717) is 37.3 Å². The molecule has 0 spiro atoms. The van der Waals surface area contributed by atoms with Gasteiger partial charge in [0.25, 0.3) is 12.3 Å². The van der Waals surface area contributed by atoms with Gasteiger partial charge in [0.1, 0.15) is 5.75 Å². The number of esters is 1. The van der Waals surface area contributed by atoms with Gasteiger partial charge in [-0.2, -0.15) is 0 Å². The number of benzene rings is 2. The monoisotopic (exact) mass is 476 g/mol. The molecule has 0 N–H and O–H groups in total. The summed E-state index contributed by atoms with van der Waals surface area (Å²) in [6.45, 7) is 4.64. The van der Waals surface area contributed by atoms with Crippen LogP contribution < -0.4 is 14.5 Å². The average Bonchev–Trinajstić information content (AvgIpc) is 2.82. The molecule has 2 aromatic rings. The molecular weight excluding hydrogens is 449 g/mol. The lowest BCUT2D eigenvalue weighted by atomic mass is 9.91. The predicted octanol–water partition coefficient (Wildman–Crippen LogP) is 5.19. The van der Waals surface area contributed by atoms with Crippen LogP contribution in [0.25, 0.3) is 0 Å². The number of alkyl halides is 3. The van der Waals surface area contributed by atoms with E-state index < -0.39 is 18.2 Å². The van der Waals surface area contributed by atoms with Crippen LogP contribution in [-0.4, -0.2) is 44.1 Å². The molecule has 1 fully saturated rings. The zero-order valence-corrected chi connectivity index (χ0v) is 19.3. The van der Waals surface area contributed by atoms with Crippen LogP contribution in [0, 0.1) is 5.92 Å². The molecule has 6 nitrogen and oxygen atoms in total. The quantitative estimate of drug-likeness (QED) is 0.515. The van der Waals surface area contributed by atoms with Crippen LogP contribution in [0.5, 0.6) is 5.75 Å². The fraction of sp³-hybridized carbons (Fsp3) is 0.440. The van der Waals surface area contributed by atoms with Gasteiger partial charge in [0.15, 0.2) is 11.8 Å². The lowest BCUT2D eigenvalue weighted by Gasteiger charge is -2.43. The van der Waals surface area contributed by atoms with Gasteiger partial charge in [-0.1, -0.05) is 26.0 Å². The molecule has 1 amide bonds. The van der Waals surface area contributed by atoms with Gasteiger partial charge in [0, 0.05) is 18.8 Å². The molecule has 2 aliphatic heterocycles. The Kier molecular flexibility index (Phi) is 6.47. The molecule has 182 valence electrons. The third-order valence-corrected chi connectivity index (χ3v) is 6.67. The number of ether oxygens (including phenoxy) is 2. The van der Waals surface area contributed by atoms with Crippen molar-refractivity contribution in [1.29, 1.82) is 0 Å². The summed E-state index contributed by atoms with van der Waals surface area (Å²) in [4.78, 5) is 28.9. The fourth-order valence-corrected chi connectivity index (χ4v) is 4.47. The molecule has 1 saturated heterocycles. The van der Waals surface area contributed by atoms with E-state index in [9.17, 15) is 22.8 Å². The number of nitrogens with zero attached hydrogens (tertiary/aromatic N) is 2. The maximum Gasteiger partial charge on any atom is 0.312 e. The summed E-state index contributed by atoms with van der Waals surface area (Å²) in [5, 5.41) is 0. The highest BCUT2D eigenvalue weighted by molar-refractivity contribution is 6.08. The molecule has 0 saturated carbocycles. The van der Waals surface area contributed by atoms with Crippen LogP contribution in [0.2, 0.25) is 0 Å². The van der Waals surface area contributed by atoms with Crippen molar-refractivity contribution in [1.82, 2.24) is 0 Å². The summed E-state index contributed by atoms with van der Waals surface area (Å²) in [7, 11) is 1.36. The normalized spacial score (nSPS) is 18.3. The number of halogens is 3. The first-order valence-corrected chi connectivity index (χ1v) is 11.3. The molecule has 4 rings (SSSR count). The van der Waals surface area contributed by atoms with E-state index in [0.717, 1.165) is 5.69 Å². The summed E-state index contributed by atoms with van der Waals surface area (Å²) < 4.78 is 50.9. The van der Waals surface area contributed by atoms with Crippen molar-refractivity contribution in [2.75, 3.05) is 30.0 Å². The minimum Gasteiger partial charge on any atom is -0.475 e. The summed E-state index contributed by atoms with van der Waals surface area (Å²) >= 11 is 0. The second-order valence-corrected chi connectivity index (χ2v) is 8.55. The molecule has 2 heterocycles. The maximum absolute atomic E-state index is 14.1. The van der Waals surface area contributed by atoms with Crippen LogP contribution in [0.1, 0.15) is 38.4 Å². The first kappa shape index (κ1) is 23.9. The Labute approximate surface area is 196 Å². The zero-order chi connectivity index (χ0) is 24.6. The SMILES string of the molecule is CCC1(CC)Oc2cc(C(F)C(F)F)ccc2N(c2cccc(N3CC(C(=O)OC)C3)c2)C1=O. The number of hydrogen-bond acceptors (Lipinski definition) is 5. The summed E-state index contributed by atoms with van der Waals surface area (Å²) in [6.07, 6.45) is -4.91. The number of fused-ring (bicyclic) bond motifs is 1. The van der Waals surface area contributed by atoms with Gasteiger partial charge < -0.3 is 14.4 Å². The minimum absolute atomic E-state index is 0.184. The Morgan fingerprint density at radius 2 is 1.79 bits per heavy atom. The second kappa shape index (κ2) is 9.19. The van der Waals surface area contributed by atoms with Gasteiger partial charge in [-0.3, -0.25) is 14.5 Å². The van der Waals surface area contributed by atoms with Crippen molar-refractivity contribution < 1.29 is 32.2 Å². The molecule has 2 aromatic carbocycles. The van der Waals surface area contributed by atoms with Crippen LogP contribution in [0.15, 0.2) is 42.5 Å². The van der Waals surface area contributed by atoms with E-state index >= 15 is 0 Å². The van der Waals surface area contributed by atoms with Gasteiger partial charge in [-0.15, -0.1) is 0 Å². The van der Waals surface area contributed by atoms with Crippen molar-refractivity contribution in [3.8, 4) is 5.75 Å². The standard InChI is InChI=1S/C25H27F3N2O4/c1-4-25(5-2)24(32)30(19-10-9-15(11-20(19)34-25)21(26)22(27)28)18-8-6-7-17(12-18)29-13-16(14-29)23(31)33-3/h6-12,16,21-22H,4-5,13-14H2,1-3H3. The van der Waals surface area contributed by atoms with Crippen molar-refractivity contribution >= 4 is 28.9 Å². The van der Waals surface area contributed by atoms with Gasteiger partial charge >= 0.3 is 5.97 Å². The van der Waals surface area contributed by atoms with Gasteiger partial charge in [0.2, 0.25) is 0 Å². The van der Waals surface area contributed by atoms with E-state index in [4.69, 9.17) is 9.47 Å². The molecule has 1 unspecified atom stereocenters. The number of anilines is 3. The Morgan fingerprint density at radius 3 is 2.41 bits per heavy atom. The molecule has 0 radical (unpaired) electrons. The molecule has 34 heavy (non-hydrogen) atoms. The van der Waals surface area contributed by atoms with Gasteiger partial charge in [-0.25, -0.2) is 13.2 Å². The molecule has 9 heteroatoms. The summed E-state index contributed by atoms with van der Waals surface area (Å²) in [5.74, 6) is -0.555. The van der Waals surface area contributed by atoms with E-state index in [-0.39, 0.29) is 29.1 Å². The first-order chi connectivity index (χ1) is 16.2. The average molecular weight is 476 g/mol. The van der Waals surface area contributed by atoms with Crippen molar-refractivity contribution in [3.05, 3.63) is 48.0 Å². The second-order valence-electron chi connectivity index (χ2n) is 8.55. The van der Waals surface area contributed by atoms with Crippen molar-refractivity contribution in [3.63, 3.8) is 0 Å². The summed E-state index contributed by atoms with van der Waals surface area (Å²) in [5.41, 5.74) is 0.354. The Hall–Kier alpha value is -3.23. The Bertz CT molecular complexity index is 1080. The van der Waals surface area contributed by atoms with Crippen LogP contribution in [-0.2, 0) is 14.3 Å². The van der Waals surface area contributed by atoms with Crippen molar-refractivity contribution in [2.24, 2.45) is 5.92 Å². The third kappa shape index (κ3) is 3.97. The van der Waals surface area contributed by atoms with Crippen LogP contribution in [0.4, 0.5) is 30.2 Å². The van der Waals surface area contributed by atoms with Crippen LogP contribution >= 0.6 is 0 Å². The number of hydrogen-bond donors (Lipinski definition) is 0. The maximum atomic E-state index is 14.1. The summed E-state index contributed by atoms with van der Waals surface area (Å²) in [6, 6.07) is 11.2. The molecule has 0 aliphatic carbocycles. The Balaban J connectivity index is 1.73. The third-order valence-electron chi connectivity index (χ3n) is 6.67. The first-order valence-electron chi connectivity index (χ1n) is 11.3.